The van der Waals surface area contributed by atoms with Gasteiger partial charge in [0.1, 0.15) is 5.82 Å². The van der Waals surface area contributed by atoms with Crippen molar-refractivity contribution in [2.75, 3.05) is 0 Å². The third-order valence-corrected chi connectivity index (χ3v) is 2.12. The standard InChI is InChI=1S/C10H11FO3/c1-6(9(12)10(13)14)7-4-2-3-5-8(7)11/h2-6,9,12H,1H3,(H,13,14)/t6-,9-/m1/s1. The van der Waals surface area contributed by atoms with Crippen molar-refractivity contribution < 1.29 is 19.4 Å². The van der Waals surface area contributed by atoms with Crippen LogP contribution in [-0.4, -0.2) is 22.3 Å². The second-order valence-electron chi connectivity index (χ2n) is 3.09. The zero-order chi connectivity index (χ0) is 10.7. The van der Waals surface area contributed by atoms with Crippen LogP contribution in [0.15, 0.2) is 24.3 Å². The molecule has 3 nitrogen and oxygen atoms in total. The Kier molecular flexibility index (Phi) is 3.19. The summed E-state index contributed by atoms with van der Waals surface area (Å²) < 4.78 is 13.2. The molecule has 4 heteroatoms. The van der Waals surface area contributed by atoms with Crippen LogP contribution in [0.5, 0.6) is 0 Å². The lowest BCUT2D eigenvalue weighted by Crippen LogP contribution is -2.26. The molecule has 1 aromatic rings. The molecule has 0 amide bonds. The summed E-state index contributed by atoms with van der Waals surface area (Å²) in [5.41, 5.74) is 0.211. The predicted octanol–water partition coefficient (Wildman–Crippen LogP) is 1.37. The highest BCUT2D eigenvalue weighted by Crippen LogP contribution is 2.21. The minimum Gasteiger partial charge on any atom is -0.479 e. The Bertz CT molecular complexity index is 338. The van der Waals surface area contributed by atoms with Gasteiger partial charge in [-0.2, -0.15) is 0 Å². The van der Waals surface area contributed by atoms with Crippen LogP contribution in [0.2, 0.25) is 0 Å². The van der Waals surface area contributed by atoms with Crippen LogP contribution < -0.4 is 0 Å². The van der Waals surface area contributed by atoms with E-state index in [1.165, 1.54) is 25.1 Å². The Morgan fingerprint density at radius 1 is 1.43 bits per heavy atom. The molecule has 0 aliphatic heterocycles. The minimum atomic E-state index is -1.58. The Morgan fingerprint density at radius 3 is 2.50 bits per heavy atom. The highest BCUT2D eigenvalue weighted by Gasteiger charge is 2.24. The number of aliphatic hydroxyl groups is 1. The molecule has 14 heavy (non-hydrogen) atoms. The summed E-state index contributed by atoms with van der Waals surface area (Å²) in [6, 6.07) is 5.81. The van der Waals surface area contributed by atoms with E-state index in [9.17, 15) is 14.3 Å². The molecule has 0 aromatic heterocycles. The molecule has 0 saturated carbocycles. The number of aliphatic carboxylic acids is 1. The number of benzene rings is 1. The third kappa shape index (κ3) is 2.09. The molecule has 1 aromatic carbocycles. The number of aliphatic hydroxyl groups excluding tert-OH is 1. The number of carboxylic acids is 1. The van der Waals surface area contributed by atoms with E-state index in [1.807, 2.05) is 0 Å². The molecule has 0 fully saturated rings. The van der Waals surface area contributed by atoms with Gasteiger partial charge in [-0.1, -0.05) is 25.1 Å². The molecule has 0 heterocycles. The van der Waals surface area contributed by atoms with E-state index in [2.05, 4.69) is 0 Å². The van der Waals surface area contributed by atoms with Gasteiger partial charge in [0.25, 0.3) is 0 Å². The highest BCUT2D eigenvalue weighted by atomic mass is 19.1. The second kappa shape index (κ2) is 4.19. The van der Waals surface area contributed by atoms with Crippen molar-refractivity contribution in [3.8, 4) is 0 Å². The largest absolute Gasteiger partial charge is 0.479 e. The van der Waals surface area contributed by atoms with Gasteiger partial charge in [0.2, 0.25) is 0 Å². The lowest BCUT2D eigenvalue weighted by Gasteiger charge is -2.15. The van der Waals surface area contributed by atoms with Crippen molar-refractivity contribution in [3.05, 3.63) is 35.6 Å². The van der Waals surface area contributed by atoms with Crippen LogP contribution in [0.25, 0.3) is 0 Å². The van der Waals surface area contributed by atoms with Crippen LogP contribution in [0.3, 0.4) is 0 Å². The second-order valence-corrected chi connectivity index (χ2v) is 3.09. The van der Waals surface area contributed by atoms with Crippen molar-refractivity contribution >= 4 is 5.97 Å². The van der Waals surface area contributed by atoms with Gasteiger partial charge in [-0.15, -0.1) is 0 Å². The van der Waals surface area contributed by atoms with Crippen LogP contribution in [-0.2, 0) is 4.79 Å². The maximum Gasteiger partial charge on any atom is 0.333 e. The van der Waals surface area contributed by atoms with Gasteiger partial charge in [-0.25, -0.2) is 9.18 Å². The summed E-state index contributed by atoms with van der Waals surface area (Å²) in [5, 5.41) is 17.7. The Balaban J connectivity index is 2.94. The topological polar surface area (TPSA) is 57.5 Å². The average molecular weight is 198 g/mol. The fourth-order valence-corrected chi connectivity index (χ4v) is 1.23. The third-order valence-electron chi connectivity index (χ3n) is 2.12. The predicted molar refractivity (Wildman–Crippen MR) is 48.5 cm³/mol. The first kappa shape index (κ1) is 10.7. The molecule has 2 atom stereocenters. The summed E-state index contributed by atoms with van der Waals surface area (Å²) >= 11 is 0. The Hall–Kier alpha value is -1.42. The molecule has 2 N–H and O–H groups in total. The monoisotopic (exact) mass is 198 g/mol. The molecule has 0 spiro atoms. The van der Waals surface area contributed by atoms with Crippen LogP contribution in [0, 0.1) is 5.82 Å². The molecule has 0 bridgehead atoms. The van der Waals surface area contributed by atoms with Crippen molar-refractivity contribution in [1.82, 2.24) is 0 Å². The van der Waals surface area contributed by atoms with Crippen molar-refractivity contribution in [3.63, 3.8) is 0 Å². The van der Waals surface area contributed by atoms with Crippen LogP contribution in [0.1, 0.15) is 18.4 Å². The lowest BCUT2D eigenvalue weighted by molar-refractivity contribution is -0.147. The quantitative estimate of drug-likeness (QED) is 0.771. The Morgan fingerprint density at radius 2 is 2.00 bits per heavy atom. The van der Waals surface area contributed by atoms with Gasteiger partial charge in [-0.05, 0) is 11.6 Å². The number of carboxylic acid groups (broad SMARTS) is 1. The van der Waals surface area contributed by atoms with Crippen molar-refractivity contribution in [2.45, 2.75) is 18.9 Å². The number of hydrogen-bond acceptors (Lipinski definition) is 2. The van der Waals surface area contributed by atoms with E-state index in [0.29, 0.717) is 0 Å². The summed E-state index contributed by atoms with van der Waals surface area (Å²) in [5.74, 6) is -2.60. The molecule has 0 saturated heterocycles. The fraction of sp³-hybridized carbons (Fsp3) is 0.300. The smallest absolute Gasteiger partial charge is 0.333 e. The molecular weight excluding hydrogens is 187 g/mol. The minimum absolute atomic E-state index is 0.211. The first-order valence-corrected chi connectivity index (χ1v) is 4.19. The van der Waals surface area contributed by atoms with Gasteiger partial charge in [0.05, 0.1) is 0 Å². The summed E-state index contributed by atoms with van der Waals surface area (Å²) in [4.78, 5) is 10.5. The van der Waals surface area contributed by atoms with Gasteiger partial charge < -0.3 is 10.2 Å². The van der Waals surface area contributed by atoms with Crippen molar-refractivity contribution in [1.29, 1.82) is 0 Å². The molecule has 0 aliphatic rings. The SMILES string of the molecule is C[C@H](c1ccccc1F)[C@@H](O)C(=O)O. The molecule has 0 aliphatic carbocycles. The maximum absolute atomic E-state index is 13.2. The summed E-state index contributed by atoms with van der Waals surface area (Å²) in [6.07, 6.45) is -1.58. The summed E-state index contributed by atoms with van der Waals surface area (Å²) in [7, 11) is 0. The zero-order valence-corrected chi connectivity index (χ0v) is 7.64. The average Bonchev–Trinajstić information content (AvgIpc) is 2.16. The number of carbonyl (C=O) groups is 1. The Labute approximate surface area is 80.8 Å². The molecule has 1 rings (SSSR count). The van der Waals surface area contributed by atoms with Gasteiger partial charge in [0, 0.05) is 5.92 Å². The first-order chi connectivity index (χ1) is 6.54. The fourth-order valence-electron chi connectivity index (χ4n) is 1.23. The molecule has 0 unspecified atom stereocenters. The normalized spacial score (nSPS) is 14.8. The van der Waals surface area contributed by atoms with Gasteiger partial charge in [0.15, 0.2) is 6.10 Å². The number of halogens is 1. The van der Waals surface area contributed by atoms with E-state index in [0.717, 1.165) is 0 Å². The highest BCUT2D eigenvalue weighted by molar-refractivity contribution is 5.73. The van der Waals surface area contributed by atoms with E-state index in [-0.39, 0.29) is 5.56 Å². The van der Waals surface area contributed by atoms with E-state index < -0.39 is 23.8 Å². The lowest BCUT2D eigenvalue weighted by atomic mass is 9.95. The summed E-state index contributed by atoms with van der Waals surface area (Å²) in [6.45, 7) is 1.47. The maximum atomic E-state index is 13.2. The van der Waals surface area contributed by atoms with Gasteiger partial charge in [-0.3, -0.25) is 0 Å². The zero-order valence-electron chi connectivity index (χ0n) is 7.64. The number of hydrogen-bond donors (Lipinski definition) is 2. The van der Waals surface area contributed by atoms with E-state index in [4.69, 9.17) is 5.11 Å². The molecular formula is C10H11FO3. The molecule has 0 radical (unpaired) electrons. The van der Waals surface area contributed by atoms with Crippen LogP contribution in [0.4, 0.5) is 4.39 Å². The first-order valence-electron chi connectivity index (χ1n) is 4.19. The molecule has 76 valence electrons. The van der Waals surface area contributed by atoms with Crippen molar-refractivity contribution in [2.24, 2.45) is 0 Å². The van der Waals surface area contributed by atoms with E-state index >= 15 is 0 Å². The van der Waals surface area contributed by atoms with Crippen LogP contribution >= 0.6 is 0 Å². The number of rotatable bonds is 3. The van der Waals surface area contributed by atoms with Gasteiger partial charge >= 0.3 is 5.97 Å². The van der Waals surface area contributed by atoms with E-state index in [1.54, 1.807) is 6.07 Å².